The number of benzene rings is 2. The van der Waals surface area contributed by atoms with Crippen molar-refractivity contribution in [1.82, 2.24) is 9.97 Å². The van der Waals surface area contributed by atoms with Gasteiger partial charge in [-0.05, 0) is 60.7 Å². The number of esters is 1. The molecule has 0 spiro atoms. The summed E-state index contributed by atoms with van der Waals surface area (Å²) in [6.45, 7) is 7.09. The van der Waals surface area contributed by atoms with Crippen LogP contribution < -0.4 is 9.47 Å². The van der Waals surface area contributed by atoms with Gasteiger partial charge in [0.05, 0.1) is 30.3 Å². The van der Waals surface area contributed by atoms with E-state index in [1.807, 2.05) is 24.3 Å². The van der Waals surface area contributed by atoms with E-state index in [1.54, 1.807) is 6.07 Å². The summed E-state index contributed by atoms with van der Waals surface area (Å²) in [5.41, 5.74) is 2.25. The van der Waals surface area contributed by atoms with Gasteiger partial charge in [-0.25, -0.2) is 19.2 Å². The third kappa shape index (κ3) is 7.11. The van der Waals surface area contributed by atoms with Crippen LogP contribution in [0, 0.1) is 11.7 Å². The lowest BCUT2D eigenvalue weighted by Gasteiger charge is -2.11. The molecule has 1 atom stereocenters. The van der Waals surface area contributed by atoms with Crippen molar-refractivity contribution in [3.8, 4) is 22.9 Å². The Labute approximate surface area is 195 Å². The SMILES string of the molecule is CCCCCc1ccc(C(=O)Oc2cnc(-c3ccc(OCC(C)CC)cc3)cn2)c(F)c1. The van der Waals surface area contributed by atoms with Crippen LogP contribution in [-0.2, 0) is 6.42 Å². The minimum atomic E-state index is -0.794. The van der Waals surface area contributed by atoms with Crippen LogP contribution in [0.3, 0.4) is 0 Å². The van der Waals surface area contributed by atoms with Gasteiger partial charge in [-0.1, -0.05) is 46.1 Å². The van der Waals surface area contributed by atoms with E-state index in [4.69, 9.17) is 9.47 Å². The van der Waals surface area contributed by atoms with Crippen molar-refractivity contribution in [2.24, 2.45) is 5.92 Å². The second-order valence-corrected chi connectivity index (χ2v) is 8.25. The molecule has 3 aromatic rings. The quantitative estimate of drug-likeness (QED) is 0.241. The van der Waals surface area contributed by atoms with Crippen molar-refractivity contribution in [3.05, 3.63) is 71.8 Å². The van der Waals surface area contributed by atoms with Crippen LogP contribution in [-0.4, -0.2) is 22.5 Å². The van der Waals surface area contributed by atoms with Gasteiger partial charge in [-0.3, -0.25) is 0 Å². The Kier molecular flexibility index (Phi) is 8.93. The molecule has 2 aromatic carbocycles. The number of aryl methyl sites for hydroxylation is 1. The van der Waals surface area contributed by atoms with Crippen LogP contribution in [0.4, 0.5) is 4.39 Å². The fourth-order valence-electron chi connectivity index (χ4n) is 3.20. The van der Waals surface area contributed by atoms with Crippen molar-refractivity contribution >= 4 is 5.97 Å². The van der Waals surface area contributed by atoms with Crippen molar-refractivity contribution in [1.29, 1.82) is 0 Å². The van der Waals surface area contributed by atoms with Gasteiger partial charge >= 0.3 is 5.97 Å². The Morgan fingerprint density at radius 2 is 1.82 bits per heavy atom. The van der Waals surface area contributed by atoms with Gasteiger partial charge in [0.1, 0.15) is 11.6 Å². The number of unbranched alkanes of at least 4 members (excludes halogenated alkanes) is 2. The van der Waals surface area contributed by atoms with Crippen molar-refractivity contribution < 1.29 is 18.7 Å². The molecule has 0 saturated carbocycles. The Hall–Kier alpha value is -3.28. The van der Waals surface area contributed by atoms with Crippen LogP contribution in [0.5, 0.6) is 11.6 Å². The first-order valence-electron chi connectivity index (χ1n) is 11.6. The largest absolute Gasteiger partial charge is 0.493 e. The summed E-state index contributed by atoms with van der Waals surface area (Å²) in [4.78, 5) is 20.9. The summed E-state index contributed by atoms with van der Waals surface area (Å²) in [5, 5.41) is 0. The van der Waals surface area contributed by atoms with Gasteiger partial charge in [-0.15, -0.1) is 0 Å². The molecule has 6 heteroatoms. The van der Waals surface area contributed by atoms with Gasteiger partial charge in [0.15, 0.2) is 0 Å². The lowest BCUT2D eigenvalue weighted by atomic mass is 10.0. The van der Waals surface area contributed by atoms with E-state index in [0.29, 0.717) is 18.2 Å². The van der Waals surface area contributed by atoms with E-state index >= 15 is 0 Å². The molecule has 0 aliphatic heterocycles. The average Bonchev–Trinajstić information content (AvgIpc) is 2.83. The topological polar surface area (TPSA) is 61.3 Å². The van der Waals surface area contributed by atoms with E-state index in [2.05, 4.69) is 30.7 Å². The third-order valence-electron chi connectivity index (χ3n) is 5.53. The molecule has 1 heterocycles. The van der Waals surface area contributed by atoms with Crippen LogP contribution in [0.25, 0.3) is 11.3 Å². The number of halogens is 1. The minimum absolute atomic E-state index is 0.0173. The molecule has 0 bridgehead atoms. The number of hydrogen-bond acceptors (Lipinski definition) is 5. The van der Waals surface area contributed by atoms with Gasteiger partial charge in [0, 0.05) is 5.56 Å². The minimum Gasteiger partial charge on any atom is -0.493 e. The van der Waals surface area contributed by atoms with Crippen LogP contribution in [0.15, 0.2) is 54.9 Å². The molecule has 33 heavy (non-hydrogen) atoms. The Balaban J connectivity index is 1.59. The lowest BCUT2D eigenvalue weighted by Crippen LogP contribution is -2.12. The zero-order chi connectivity index (χ0) is 23.6. The Morgan fingerprint density at radius 3 is 2.45 bits per heavy atom. The van der Waals surface area contributed by atoms with E-state index < -0.39 is 11.8 Å². The van der Waals surface area contributed by atoms with Crippen molar-refractivity contribution in [2.75, 3.05) is 6.61 Å². The zero-order valence-electron chi connectivity index (χ0n) is 19.5. The maximum atomic E-state index is 14.4. The van der Waals surface area contributed by atoms with Crippen LogP contribution in [0.1, 0.15) is 62.4 Å². The van der Waals surface area contributed by atoms with Gasteiger partial charge in [0.25, 0.3) is 0 Å². The summed E-state index contributed by atoms with van der Waals surface area (Å²) in [6, 6.07) is 12.2. The molecule has 0 aliphatic carbocycles. The Morgan fingerprint density at radius 1 is 1.03 bits per heavy atom. The maximum Gasteiger partial charge on any atom is 0.347 e. The average molecular weight is 451 g/mol. The molecular weight excluding hydrogens is 419 g/mol. The second kappa shape index (κ2) is 12.1. The summed E-state index contributed by atoms with van der Waals surface area (Å²) in [5.74, 6) is -0.0608. The first-order chi connectivity index (χ1) is 16.0. The van der Waals surface area contributed by atoms with E-state index in [1.165, 1.54) is 24.5 Å². The highest BCUT2D eigenvalue weighted by atomic mass is 19.1. The highest BCUT2D eigenvalue weighted by molar-refractivity contribution is 5.91. The van der Waals surface area contributed by atoms with Crippen LogP contribution >= 0.6 is 0 Å². The molecule has 0 aliphatic rings. The lowest BCUT2D eigenvalue weighted by molar-refractivity contribution is 0.0722. The molecule has 5 nitrogen and oxygen atoms in total. The fraction of sp³-hybridized carbons (Fsp3) is 0.370. The van der Waals surface area contributed by atoms with Crippen molar-refractivity contribution in [3.63, 3.8) is 0 Å². The molecule has 0 N–H and O–H groups in total. The molecule has 0 fully saturated rings. The van der Waals surface area contributed by atoms with Crippen molar-refractivity contribution in [2.45, 2.75) is 52.9 Å². The van der Waals surface area contributed by atoms with Gasteiger partial charge in [-0.2, -0.15) is 0 Å². The summed E-state index contributed by atoms with van der Waals surface area (Å²) < 4.78 is 25.4. The normalized spacial score (nSPS) is 11.8. The number of carbonyl (C=O) groups excluding carboxylic acids is 1. The molecule has 0 saturated heterocycles. The highest BCUT2D eigenvalue weighted by Gasteiger charge is 2.16. The first kappa shape index (κ1) is 24.4. The predicted molar refractivity (Wildman–Crippen MR) is 127 cm³/mol. The highest BCUT2D eigenvalue weighted by Crippen LogP contribution is 2.22. The number of nitrogens with zero attached hydrogens (tertiary/aromatic N) is 2. The first-order valence-corrected chi connectivity index (χ1v) is 11.6. The molecule has 3 rings (SSSR count). The van der Waals surface area contributed by atoms with Crippen LogP contribution in [0.2, 0.25) is 0 Å². The second-order valence-electron chi connectivity index (χ2n) is 8.25. The predicted octanol–water partition coefficient (Wildman–Crippen LogP) is 6.66. The van der Waals surface area contributed by atoms with E-state index in [0.717, 1.165) is 49.0 Å². The summed E-state index contributed by atoms with van der Waals surface area (Å²) >= 11 is 0. The van der Waals surface area contributed by atoms with Gasteiger partial charge < -0.3 is 9.47 Å². The standard InChI is InChI=1S/C27H31FN2O3/c1-4-6-7-8-20-9-14-23(24(28)15-20)27(31)33-26-17-29-25(16-30-26)21-10-12-22(13-11-21)32-18-19(3)5-2/h9-17,19H,4-8,18H2,1-3H3. The van der Waals surface area contributed by atoms with E-state index in [-0.39, 0.29) is 11.4 Å². The maximum absolute atomic E-state index is 14.4. The number of rotatable bonds is 11. The Bertz CT molecular complexity index is 1040. The number of carbonyl (C=O) groups is 1. The van der Waals surface area contributed by atoms with Gasteiger partial charge in [0.2, 0.25) is 5.88 Å². The molecule has 0 amide bonds. The monoisotopic (exact) mass is 450 g/mol. The van der Waals surface area contributed by atoms with E-state index in [9.17, 15) is 9.18 Å². The molecule has 1 unspecified atom stereocenters. The number of ether oxygens (including phenoxy) is 2. The number of hydrogen-bond donors (Lipinski definition) is 0. The molecule has 174 valence electrons. The fourth-order valence-corrected chi connectivity index (χ4v) is 3.20. The molecular formula is C27H31FN2O3. The summed E-state index contributed by atoms with van der Waals surface area (Å²) in [6.07, 6.45) is 7.93. The molecule has 0 radical (unpaired) electrons. The third-order valence-corrected chi connectivity index (χ3v) is 5.53. The summed E-state index contributed by atoms with van der Waals surface area (Å²) in [7, 11) is 0. The smallest absolute Gasteiger partial charge is 0.347 e. The number of aromatic nitrogens is 2. The molecule has 1 aromatic heterocycles. The zero-order valence-corrected chi connectivity index (χ0v) is 19.5.